The smallest absolute Gasteiger partial charge is 0.243 e. The minimum absolute atomic E-state index is 0.154. The molecule has 0 saturated carbocycles. The van der Waals surface area contributed by atoms with Crippen molar-refractivity contribution in [1.82, 2.24) is 5.32 Å². The molecule has 0 spiro atoms. The van der Waals surface area contributed by atoms with E-state index >= 15 is 0 Å². The molecule has 0 aliphatic heterocycles. The number of hydrogen-bond donors (Lipinski definition) is 2. The lowest BCUT2D eigenvalue weighted by atomic mass is 10.1. The van der Waals surface area contributed by atoms with E-state index in [4.69, 9.17) is 21.1 Å². The summed E-state index contributed by atoms with van der Waals surface area (Å²) in [5.74, 6) is 0.193. The second-order valence-electron chi connectivity index (χ2n) is 5.68. The van der Waals surface area contributed by atoms with Gasteiger partial charge in [0.1, 0.15) is 11.5 Å². The van der Waals surface area contributed by atoms with Gasteiger partial charge in [0.2, 0.25) is 11.8 Å². The second kappa shape index (κ2) is 9.10. The van der Waals surface area contributed by atoms with E-state index in [1.165, 1.54) is 14.2 Å². The Kier molecular flexibility index (Phi) is 6.86. The van der Waals surface area contributed by atoms with Crippen molar-refractivity contribution in [1.29, 1.82) is 0 Å². The Hall–Kier alpha value is -2.73. The van der Waals surface area contributed by atoms with E-state index in [1.54, 1.807) is 12.1 Å². The number of rotatable bonds is 7. The minimum atomic E-state index is -0.384. The van der Waals surface area contributed by atoms with Crippen molar-refractivity contribution in [3.8, 4) is 11.5 Å². The molecular weight excluding hydrogens is 356 g/mol. The summed E-state index contributed by atoms with van der Waals surface area (Å²) >= 11 is 6.03. The quantitative estimate of drug-likeness (QED) is 0.778. The number of methoxy groups -OCH3 is 2. The van der Waals surface area contributed by atoms with Crippen molar-refractivity contribution in [2.45, 2.75) is 13.3 Å². The summed E-state index contributed by atoms with van der Waals surface area (Å²) in [7, 11) is 2.95. The summed E-state index contributed by atoms with van der Waals surface area (Å²) in [4.78, 5) is 24.1. The van der Waals surface area contributed by atoms with E-state index in [0.717, 1.165) is 11.1 Å². The zero-order valence-corrected chi connectivity index (χ0v) is 15.6. The van der Waals surface area contributed by atoms with Crippen molar-refractivity contribution >= 4 is 29.1 Å². The molecule has 2 N–H and O–H groups in total. The molecule has 6 nitrogen and oxygen atoms in total. The number of benzene rings is 2. The number of anilines is 1. The molecule has 0 saturated heterocycles. The van der Waals surface area contributed by atoms with Crippen LogP contribution in [-0.4, -0.2) is 32.6 Å². The average Bonchev–Trinajstić information content (AvgIpc) is 2.61. The van der Waals surface area contributed by atoms with Crippen LogP contribution >= 0.6 is 11.6 Å². The fraction of sp³-hybridized carbons (Fsp3) is 0.263. The predicted octanol–water partition coefficient (Wildman–Crippen LogP) is 2.96. The number of carbonyl (C=O) groups excluding carboxylic acids is 2. The fourth-order valence-electron chi connectivity index (χ4n) is 2.40. The van der Waals surface area contributed by atoms with E-state index in [9.17, 15) is 9.59 Å². The van der Waals surface area contributed by atoms with E-state index in [0.29, 0.717) is 22.2 Å². The molecule has 2 aromatic rings. The SMILES string of the molecule is COc1cc(NC(=O)CNC(=O)Cc2cccc(C)c2)c(OC)cc1Cl. The van der Waals surface area contributed by atoms with E-state index in [-0.39, 0.29) is 24.8 Å². The lowest BCUT2D eigenvalue weighted by Gasteiger charge is -2.13. The first-order valence-electron chi connectivity index (χ1n) is 7.96. The lowest BCUT2D eigenvalue weighted by Crippen LogP contribution is -2.33. The molecule has 26 heavy (non-hydrogen) atoms. The van der Waals surface area contributed by atoms with Crippen LogP contribution in [0, 0.1) is 6.92 Å². The number of carbonyl (C=O) groups is 2. The van der Waals surface area contributed by atoms with Crippen LogP contribution in [0.25, 0.3) is 0 Å². The molecule has 0 heterocycles. The Morgan fingerprint density at radius 2 is 1.77 bits per heavy atom. The second-order valence-corrected chi connectivity index (χ2v) is 6.08. The van der Waals surface area contributed by atoms with Crippen molar-refractivity contribution in [3.63, 3.8) is 0 Å². The zero-order valence-electron chi connectivity index (χ0n) is 14.9. The summed E-state index contributed by atoms with van der Waals surface area (Å²) in [5, 5.41) is 5.64. The van der Waals surface area contributed by atoms with E-state index in [2.05, 4.69) is 10.6 Å². The summed E-state index contributed by atoms with van der Waals surface area (Å²) in [6, 6.07) is 10.8. The first-order chi connectivity index (χ1) is 12.4. The Bertz CT molecular complexity index is 808. The van der Waals surface area contributed by atoms with Gasteiger partial charge in [-0.25, -0.2) is 0 Å². The predicted molar refractivity (Wildman–Crippen MR) is 101 cm³/mol. The van der Waals surface area contributed by atoms with Crippen LogP contribution in [0.1, 0.15) is 11.1 Å². The van der Waals surface area contributed by atoms with E-state index < -0.39 is 0 Å². The van der Waals surface area contributed by atoms with Gasteiger partial charge in [0, 0.05) is 12.1 Å². The van der Waals surface area contributed by atoms with Gasteiger partial charge in [0.25, 0.3) is 0 Å². The largest absolute Gasteiger partial charge is 0.495 e. The number of hydrogen-bond acceptors (Lipinski definition) is 4. The van der Waals surface area contributed by atoms with Crippen LogP contribution in [0.15, 0.2) is 36.4 Å². The fourth-order valence-corrected chi connectivity index (χ4v) is 2.63. The lowest BCUT2D eigenvalue weighted by molar-refractivity contribution is -0.123. The molecular formula is C19H21ClN2O4. The van der Waals surface area contributed by atoms with Gasteiger partial charge in [0.15, 0.2) is 0 Å². The molecule has 0 radical (unpaired) electrons. The third-order valence-electron chi connectivity index (χ3n) is 3.64. The summed E-state index contributed by atoms with van der Waals surface area (Å²) < 4.78 is 10.3. The molecule has 2 rings (SSSR count). The number of halogens is 1. The van der Waals surface area contributed by atoms with Crippen LogP contribution in [-0.2, 0) is 16.0 Å². The molecule has 138 valence electrons. The molecule has 0 fully saturated rings. The molecule has 0 bridgehead atoms. The summed E-state index contributed by atoms with van der Waals surface area (Å²) in [6.45, 7) is 1.81. The number of aryl methyl sites for hydroxylation is 1. The number of nitrogens with one attached hydrogen (secondary N) is 2. The van der Waals surface area contributed by atoms with Crippen molar-refractivity contribution in [3.05, 3.63) is 52.5 Å². The maximum Gasteiger partial charge on any atom is 0.243 e. The van der Waals surface area contributed by atoms with E-state index in [1.807, 2.05) is 31.2 Å². The van der Waals surface area contributed by atoms with Gasteiger partial charge in [-0.3, -0.25) is 9.59 Å². The normalized spacial score (nSPS) is 10.2. The van der Waals surface area contributed by atoms with Gasteiger partial charge >= 0.3 is 0 Å². The molecule has 0 unspecified atom stereocenters. The van der Waals surface area contributed by atoms with Crippen molar-refractivity contribution < 1.29 is 19.1 Å². The average molecular weight is 377 g/mol. The van der Waals surface area contributed by atoms with Crippen molar-refractivity contribution in [2.24, 2.45) is 0 Å². The van der Waals surface area contributed by atoms with Crippen LogP contribution in [0.4, 0.5) is 5.69 Å². The molecule has 7 heteroatoms. The van der Waals surface area contributed by atoms with Crippen LogP contribution in [0.5, 0.6) is 11.5 Å². The van der Waals surface area contributed by atoms with Crippen molar-refractivity contribution in [2.75, 3.05) is 26.1 Å². The Morgan fingerprint density at radius 1 is 1.04 bits per heavy atom. The molecule has 0 aliphatic carbocycles. The van der Waals surface area contributed by atoms with Gasteiger partial charge in [-0.05, 0) is 12.5 Å². The molecule has 0 atom stereocenters. The summed E-state index contributed by atoms with van der Waals surface area (Å²) in [5.41, 5.74) is 2.38. The van der Waals surface area contributed by atoms with Gasteiger partial charge in [-0.15, -0.1) is 0 Å². The topological polar surface area (TPSA) is 76.7 Å². The van der Waals surface area contributed by atoms with Crippen LogP contribution in [0.3, 0.4) is 0 Å². The van der Waals surface area contributed by atoms with Gasteiger partial charge in [-0.2, -0.15) is 0 Å². The van der Waals surface area contributed by atoms with Gasteiger partial charge in [0.05, 0.1) is 37.9 Å². The monoisotopic (exact) mass is 376 g/mol. The molecule has 2 amide bonds. The zero-order chi connectivity index (χ0) is 19.1. The third kappa shape index (κ3) is 5.39. The van der Waals surface area contributed by atoms with Crippen LogP contribution in [0.2, 0.25) is 5.02 Å². The highest BCUT2D eigenvalue weighted by atomic mass is 35.5. The maximum absolute atomic E-state index is 12.1. The first kappa shape index (κ1) is 19.6. The standard InChI is InChI=1S/C19H21ClN2O4/c1-12-5-4-6-13(7-12)8-18(23)21-11-19(24)22-15-10-16(25-2)14(20)9-17(15)26-3/h4-7,9-10H,8,11H2,1-3H3,(H,21,23)(H,22,24). The van der Waals surface area contributed by atoms with Crippen LogP contribution < -0.4 is 20.1 Å². The molecule has 0 aliphatic rings. The molecule has 2 aromatic carbocycles. The Balaban J connectivity index is 1.93. The van der Waals surface area contributed by atoms with Gasteiger partial charge < -0.3 is 20.1 Å². The third-order valence-corrected chi connectivity index (χ3v) is 3.94. The number of amides is 2. The highest BCUT2D eigenvalue weighted by Gasteiger charge is 2.13. The highest BCUT2D eigenvalue weighted by molar-refractivity contribution is 6.32. The minimum Gasteiger partial charge on any atom is -0.495 e. The Morgan fingerprint density at radius 3 is 2.42 bits per heavy atom. The highest BCUT2D eigenvalue weighted by Crippen LogP contribution is 2.35. The number of ether oxygens (including phenoxy) is 2. The first-order valence-corrected chi connectivity index (χ1v) is 8.34. The Labute approximate surface area is 157 Å². The molecule has 0 aromatic heterocycles. The maximum atomic E-state index is 12.1. The summed E-state index contributed by atoms with van der Waals surface area (Å²) in [6.07, 6.45) is 0.215. The van der Waals surface area contributed by atoms with Gasteiger partial charge in [-0.1, -0.05) is 41.4 Å².